The van der Waals surface area contributed by atoms with Gasteiger partial charge in [0.15, 0.2) is 13.1 Å². The third-order valence-electron chi connectivity index (χ3n) is 6.38. The molecule has 1 saturated heterocycles. The predicted molar refractivity (Wildman–Crippen MR) is 120 cm³/mol. The van der Waals surface area contributed by atoms with Gasteiger partial charge in [0.25, 0.3) is 11.8 Å². The van der Waals surface area contributed by atoms with Crippen molar-refractivity contribution in [2.75, 3.05) is 51.1 Å². The molecule has 1 aliphatic heterocycles. The Kier molecular flexibility index (Phi) is 8.46. The number of rotatable bonds is 8. The van der Waals surface area contributed by atoms with E-state index >= 15 is 0 Å². The predicted octanol–water partition coefficient (Wildman–Crippen LogP) is 0.0320. The van der Waals surface area contributed by atoms with Gasteiger partial charge in [-0.1, -0.05) is 29.8 Å². The van der Waals surface area contributed by atoms with E-state index in [2.05, 4.69) is 16.7 Å². The lowest BCUT2D eigenvalue weighted by Gasteiger charge is -2.29. The number of allylic oxidation sites excluding steroid dienone is 1. The molecule has 4 N–H and O–H groups in total. The maximum Gasteiger partial charge on any atom is 0.279 e. The van der Waals surface area contributed by atoms with Crippen molar-refractivity contribution in [3.05, 3.63) is 41.0 Å². The van der Waals surface area contributed by atoms with E-state index in [9.17, 15) is 9.59 Å². The molecule has 1 fully saturated rings. The average Bonchev–Trinajstić information content (AvgIpc) is 2.73. The summed E-state index contributed by atoms with van der Waals surface area (Å²) in [5.74, 6) is 0.221. The van der Waals surface area contributed by atoms with Gasteiger partial charge in [0, 0.05) is 12.2 Å². The van der Waals surface area contributed by atoms with Crippen LogP contribution in [0.4, 0.5) is 5.69 Å². The van der Waals surface area contributed by atoms with Gasteiger partial charge in [-0.3, -0.25) is 9.59 Å². The molecule has 0 unspecified atom stereocenters. The summed E-state index contributed by atoms with van der Waals surface area (Å²) < 4.78 is 0. The standard InChI is InChI=1S/C24H36N4O2/c1-19-7-6-8-20(2)24(19)26-23(30)18-28-15-13-27(14-16-28)17-22(29)25-12-11-21-9-4-3-5-10-21/h6-9H,3-5,10-18H2,1-2H3,(H,25,29)(H,26,30)/p+2. The summed E-state index contributed by atoms with van der Waals surface area (Å²) in [7, 11) is 0. The monoisotopic (exact) mass is 414 g/mol. The van der Waals surface area contributed by atoms with Crippen LogP contribution < -0.4 is 20.4 Å². The molecule has 0 radical (unpaired) electrons. The van der Waals surface area contributed by atoms with Crippen LogP contribution in [0.1, 0.15) is 43.2 Å². The smallest absolute Gasteiger partial charge is 0.279 e. The van der Waals surface area contributed by atoms with Gasteiger partial charge in [-0.05, 0) is 57.1 Å². The quantitative estimate of drug-likeness (QED) is 0.454. The Balaban J connectivity index is 1.32. The minimum absolute atomic E-state index is 0.0700. The number of piperazine rings is 1. The molecule has 1 aromatic carbocycles. The minimum Gasteiger partial charge on any atom is -0.351 e. The van der Waals surface area contributed by atoms with Crippen LogP contribution in [0.3, 0.4) is 0 Å². The van der Waals surface area contributed by atoms with Crippen molar-refractivity contribution in [2.24, 2.45) is 0 Å². The molecule has 2 aliphatic rings. The van der Waals surface area contributed by atoms with Gasteiger partial charge in [0.2, 0.25) is 0 Å². The van der Waals surface area contributed by atoms with Gasteiger partial charge in [0.1, 0.15) is 26.2 Å². The third kappa shape index (κ3) is 6.96. The van der Waals surface area contributed by atoms with Gasteiger partial charge >= 0.3 is 0 Å². The lowest BCUT2D eigenvalue weighted by molar-refractivity contribution is -1.00. The molecule has 6 heteroatoms. The van der Waals surface area contributed by atoms with Crippen molar-refractivity contribution >= 4 is 17.5 Å². The number of anilines is 1. The van der Waals surface area contributed by atoms with Crippen LogP contribution in [0.5, 0.6) is 0 Å². The highest BCUT2D eigenvalue weighted by Crippen LogP contribution is 2.19. The molecule has 3 rings (SSSR count). The van der Waals surface area contributed by atoms with E-state index in [0.29, 0.717) is 13.1 Å². The number of hydrogen-bond acceptors (Lipinski definition) is 2. The zero-order valence-corrected chi connectivity index (χ0v) is 18.6. The second kappa shape index (κ2) is 11.3. The van der Waals surface area contributed by atoms with Gasteiger partial charge in [0.05, 0.1) is 0 Å². The van der Waals surface area contributed by atoms with Crippen LogP contribution in [-0.4, -0.2) is 57.6 Å². The Morgan fingerprint density at radius 3 is 2.17 bits per heavy atom. The van der Waals surface area contributed by atoms with E-state index in [1.807, 2.05) is 32.0 Å². The zero-order chi connectivity index (χ0) is 21.3. The van der Waals surface area contributed by atoms with Crippen molar-refractivity contribution < 1.29 is 19.4 Å². The SMILES string of the molecule is Cc1cccc(C)c1NC(=O)C[NH+]1CC[NH+](CC(=O)NCCC2=CCCCC2)CC1. The molecular formula is C24H38N4O2+2. The van der Waals surface area contributed by atoms with Crippen molar-refractivity contribution in [3.63, 3.8) is 0 Å². The Morgan fingerprint density at radius 1 is 0.933 bits per heavy atom. The van der Waals surface area contributed by atoms with E-state index in [1.54, 1.807) is 0 Å². The highest BCUT2D eigenvalue weighted by atomic mass is 16.2. The van der Waals surface area contributed by atoms with Gasteiger partial charge < -0.3 is 20.4 Å². The number of amides is 2. The first-order valence-corrected chi connectivity index (χ1v) is 11.5. The summed E-state index contributed by atoms with van der Waals surface area (Å²) in [6.07, 6.45) is 8.33. The number of para-hydroxylation sites is 1. The van der Waals surface area contributed by atoms with Crippen LogP contribution >= 0.6 is 0 Å². The largest absolute Gasteiger partial charge is 0.351 e. The maximum absolute atomic E-state index is 12.5. The lowest BCUT2D eigenvalue weighted by Crippen LogP contribution is -3.28. The third-order valence-corrected chi connectivity index (χ3v) is 6.38. The molecule has 1 aromatic rings. The second-order valence-electron chi connectivity index (χ2n) is 8.88. The van der Waals surface area contributed by atoms with E-state index in [1.165, 1.54) is 41.1 Å². The summed E-state index contributed by atoms with van der Waals surface area (Å²) in [6, 6.07) is 6.06. The first-order chi connectivity index (χ1) is 14.5. The van der Waals surface area contributed by atoms with Crippen molar-refractivity contribution in [3.8, 4) is 0 Å². The summed E-state index contributed by atoms with van der Waals surface area (Å²) in [5.41, 5.74) is 4.63. The van der Waals surface area contributed by atoms with E-state index in [4.69, 9.17) is 0 Å². The summed E-state index contributed by atoms with van der Waals surface area (Å²) in [6.45, 7) is 9.56. The molecule has 30 heavy (non-hydrogen) atoms. The number of aryl methyl sites for hydroxylation is 2. The second-order valence-corrected chi connectivity index (χ2v) is 8.88. The number of carbonyl (C=O) groups is 2. The number of quaternary nitrogens is 2. The topological polar surface area (TPSA) is 67.1 Å². The number of carbonyl (C=O) groups excluding carboxylic acids is 2. The number of nitrogens with one attached hydrogen (secondary N) is 4. The fraction of sp³-hybridized carbons (Fsp3) is 0.583. The Hall–Kier alpha value is -2.18. The van der Waals surface area contributed by atoms with Gasteiger partial charge in [-0.25, -0.2) is 0 Å². The van der Waals surface area contributed by atoms with E-state index < -0.39 is 0 Å². The molecule has 164 valence electrons. The highest BCUT2D eigenvalue weighted by molar-refractivity contribution is 5.93. The van der Waals surface area contributed by atoms with Gasteiger partial charge in [-0.15, -0.1) is 0 Å². The van der Waals surface area contributed by atoms with Crippen molar-refractivity contribution in [1.29, 1.82) is 0 Å². The molecule has 0 atom stereocenters. The molecule has 1 heterocycles. The van der Waals surface area contributed by atoms with Crippen molar-refractivity contribution in [1.82, 2.24) is 5.32 Å². The van der Waals surface area contributed by atoms with Crippen LogP contribution in [0.15, 0.2) is 29.8 Å². The van der Waals surface area contributed by atoms with E-state index in [0.717, 1.165) is 56.0 Å². The molecule has 2 amide bonds. The summed E-state index contributed by atoms with van der Waals surface area (Å²) >= 11 is 0. The lowest BCUT2D eigenvalue weighted by atomic mass is 9.97. The summed E-state index contributed by atoms with van der Waals surface area (Å²) in [5, 5.41) is 6.17. The Labute approximate surface area is 180 Å². The Morgan fingerprint density at radius 2 is 1.57 bits per heavy atom. The first kappa shape index (κ1) is 22.5. The van der Waals surface area contributed by atoms with Crippen LogP contribution in [-0.2, 0) is 9.59 Å². The van der Waals surface area contributed by atoms with E-state index in [-0.39, 0.29) is 11.8 Å². The maximum atomic E-state index is 12.5. The Bertz CT molecular complexity index is 746. The molecule has 0 spiro atoms. The highest BCUT2D eigenvalue weighted by Gasteiger charge is 2.26. The molecule has 6 nitrogen and oxygen atoms in total. The zero-order valence-electron chi connectivity index (χ0n) is 18.6. The molecule has 1 aliphatic carbocycles. The van der Waals surface area contributed by atoms with Crippen LogP contribution in [0.25, 0.3) is 0 Å². The minimum atomic E-state index is 0.0700. The number of hydrogen-bond donors (Lipinski definition) is 4. The normalized spacial score (nSPS) is 21.6. The molecule has 0 bridgehead atoms. The molecule has 0 saturated carbocycles. The summed E-state index contributed by atoms with van der Waals surface area (Å²) in [4.78, 5) is 27.4. The fourth-order valence-corrected chi connectivity index (χ4v) is 4.52. The van der Waals surface area contributed by atoms with Crippen LogP contribution in [0.2, 0.25) is 0 Å². The molecular weight excluding hydrogens is 376 g/mol. The first-order valence-electron chi connectivity index (χ1n) is 11.5. The van der Waals surface area contributed by atoms with Gasteiger partial charge in [-0.2, -0.15) is 0 Å². The molecule has 0 aromatic heterocycles. The fourth-order valence-electron chi connectivity index (χ4n) is 4.52. The van der Waals surface area contributed by atoms with Crippen molar-refractivity contribution in [2.45, 2.75) is 46.0 Å². The number of benzene rings is 1. The van der Waals surface area contributed by atoms with Crippen LogP contribution in [0, 0.1) is 13.8 Å². The average molecular weight is 415 g/mol.